The van der Waals surface area contributed by atoms with Crippen LogP contribution in [0.3, 0.4) is 0 Å². The summed E-state index contributed by atoms with van der Waals surface area (Å²) < 4.78 is 11.0. The minimum atomic E-state index is -0.520. The second-order valence-electron chi connectivity index (χ2n) is 3.61. The van der Waals surface area contributed by atoms with Gasteiger partial charge in [0.15, 0.2) is 5.75 Å². The second kappa shape index (κ2) is 5.71. The summed E-state index contributed by atoms with van der Waals surface area (Å²) in [5.41, 5.74) is 6.51. The van der Waals surface area contributed by atoms with Crippen LogP contribution in [-0.4, -0.2) is 18.1 Å². The Kier molecular flexibility index (Phi) is 4.01. The molecular formula is C13H11BrN2O3. The fraction of sp³-hybridized carbons (Fsp3) is 0.0769. The summed E-state index contributed by atoms with van der Waals surface area (Å²) in [6.45, 7) is 0. The summed E-state index contributed by atoms with van der Waals surface area (Å²) in [5.74, 6) is 0.0352. The maximum atomic E-state index is 11.6. The zero-order chi connectivity index (χ0) is 13.8. The molecule has 0 saturated carbocycles. The normalized spacial score (nSPS) is 10.0. The molecule has 0 fully saturated rings. The van der Waals surface area contributed by atoms with E-state index in [1.54, 1.807) is 30.3 Å². The van der Waals surface area contributed by atoms with Gasteiger partial charge in [0.05, 0.1) is 17.3 Å². The van der Waals surface area contributed by atoms with Gasteiger partial charge in [0.25, 0.3) is 0 Å². The Hall–Kier alpha value is -2.08. The van der Waals surface area contributed by atoms with Crippen LogP contribution >= 0.6 is 15.9 Å². The Balaban J connectivity index is 2.42. The van der Waals surface area contributed by atoms with Crippen LogP contribution in [0.1, 0.15) is 10.4 Å². The van der Waals surface area contributed by atoms with Crippen molar-refractivity contribution in [2.75, 3.05) is 12.8 Å². The SMILES string of the molecule is COC(=O)c1cccnc1Oc1c(N)cccc1Br. The summed E-state index contributed by atoms with van der Waals surface area (Å²) in [7, 11) is 1.30. The number of ether oxygens (including phenoxy) is 2. The van der Waals surface area contributed by atoms with Crippen LogP contribution in [0.25, 0.3) is 0 Å². The molecule has 0 unspecified atom stereocenters. The molecule has 0 aliphatic heterocycles. The Labute approximate surface area is 118 Å². The molecule has 0 saturated heterocycles. The lowest BCUT2D eigenvalue weighted by Crippen LogP contribution is -2.05. The highest BCUT2D eigenvalue weighted by atomic mass is 79.9. The van der Waals surface area contributed by atoms with Gasteiger partial charge in [-0.15, -0.1) is 0 Å². The molecule has 0 atom stereocenters. The van der Waals surface area contributed by atoms with Gasteiger partial charge in [-0.05, 0) is 40.2 Å². The number of benzene rings is 1. The van der Waals surface area contributed by atoms with Crippen LogP contribution in [0, 0.1) is 0 Å². The number of carbonyl (C=O) groups is 1. The van der Waals surface area contributed by atoms with Crippen LogP contribution in [0.5, 0.6) is 11.6 Å². The molecule has 0 aliphatic rings. The van der Waals surface area contributed by atoms with E-state index in [1.165, 1.54) is 13.3 Å². The minimum Gasteiger partial charge on any atom is -0.465 e. The maximum Gasteiger partial charge on any atom is 0.343 e. The first-order valence-corrected chi connectivity index (χ1v) is 6.18. The summed E-state index contributed by atoms with van der Waals surface area (Å²) >= 11 is 3.33. The van der Waals surface area contributed by atoms with E-state index in [-0.39, 0.29) is 11.4 Å². The van der Waals surface area contributed by atoms with Gasteiger partial charge in [-0.2, -0.15) is 0 Å². The number of anilines is 1. The Bertz CT molecular complexity index is 596. The number of methoxy groups -OCH3 is 1. The Morgan fingerprint density at radius 3 is 2.79 bits per heavy atom. The predicted octanol–water partition coefficient (Wildman–Crippen LogP) is 3.01. The number of nitrogen functional groups attached to an aromatic ring is 1. The quantitative estimate of drug-likeness (QED) is 0.694. The first-order valence-electron chi connectivity index (χ1n) is 5.38. The number of pyridine rings is 1. The van der Waals surface area contributed by atoms with Crippen molar-refractivity contribution in [3.05, 3.63) is 46.6 Å². The molecule has 1 aromatic carbocycles. The average Bonchev–Trinajstić information content (AvgIpc) is 2.42. The van der Waals surface area contributed by atoms with Crippen molar-refractivity contribution in [3.8, 4) is 11.6 Å². The monoisotopic (exact) mass is 322 g/mol. The van der Waals surface area contributed by atoms with Crippen molar-refractivity contribution < 1.29 is 14.3 Å². The van der Waals surface area contributed by atoms with Crippen molar-refractivity contribution in [1.29, 1.82) is 0 Å². The zero-order valence-electron chi connectivity index (χ0n) is 10.1. The van der Waals surface area contributed by atoms with Crippen molar-refractivity contribution in [3.63, 3.8) is 0 Å². The van der Waals surface area contributed by atoms with Gasteiger partial charge in [0.1, 0.15) is 5.56 Å². The zero-order valence-corrected chi connectivity index (χ0v) is 11.7. The molecule has 98 valence electrons. The molecule has 5 nitrogen and oxygen atoms in total. The highest BCUT2D eigenvalue weighted by Gasteiger charge is 2.16. The maximum absolute atomic E-state index is 11.6. The largest absolute Gasteiger partial charge is 0.465 e. The summed E-state index contributed by atoms with van der Waals surface area (Å²) in [5, 5.41) is 0. The van der Waals surface area contributed by atoms with Crippen LogP contribution < -0.4 is 10.5 Å². The lowest BCUT2D eigenvalue weighted by Gasteiger charge is -2.11. The number of nitrogens with two attached hydrogens (primary N) is 1. The van der Waals surface area contributed by atoms with Gasteiger partial charge in [0.2, 0.25) is 5.88 Å². The number of aromatic nitrogens is 1. The molecule has 0 spiro atoms. The van der Waals surface area contributed by atoms with Gasteiger partial charge in [-0.3, -0.25) is 0 Å². The van der Waals surface area contributed by atoms with Gasteiger partial charge >= 0.3 is 5.97 Å². The Morgan fingerprint density at radius 1 is 1.32 bits per heavy atom. The van der Waals surface area contributed by atoms with E-state index in [0.717, 1.165) is 0 Å². The smallest absolute Gasteiger partial charge is 0.343 e. The van der Waals surface area contributed by atoms with E-state index in [0.29, 0.717) is 15.9 Å². The van der Waals surface area contributed by atoms with E-state index < -0.39 is 5.97 Å². The molecule has 2 rings (SSSR count). The van der Waals surface area contributed by atoms with Gasteiger partial charge in [0, 0.05) is 6.20 Å². The third kappa shape index (κ3) is 2.85. The van der Waals surface area contributed by atoms with Gasteiger partial charge < -0.3 is 15.2 Å². The fourth-order valence-corrected chi connectivity index (χ4v) is 1.93. The number of halogens is 1. The topological polar surface area (TPSA) is 74.4 Å². The van der Waals surface area contributed by atoms with Crippen molar-refractivity contribution in [2.24, 2.45) is 0 Å². The van der Waals surface area contributed by atoms with Gasteiger partial charge in [-0.25, -0.2) is 9.78 Å². The van der Waals surface area contributed by atoms with E-state index in [1.807, 2.05) is 0 Å². The van der Waals surface area contributed by atoms with Crippen molar-refractivity contribution in [1.82, 2.24) is 4.98 Å². The number of rotatable bonds is 3. The molecule has 0 aliphatic carbocycles. The molecule has 0 amide bonds. The number of hydrogen-bond acceptors (Lipinski definition) is 5. The number of nitrogens with zero attached hydrogens (tertiary/aromatic N) is 1. The number of carbonyl (C=O) groups excluding carboxylic acids is 1. The predicted molar refractivity (Wildman–Crippen MR) is 74.2 cm³/mol. The molecular weight excluding hydrogens is 312 g/mol. The fourth-order valence-electron chi connectivity index (χ4n) is 1.47. The molecule has 19 heavy (non-hydrogen) atoms. The van der Waals surface area contributed by atoms with E-state index >= 15 is 0 Å². The molecule has 1 aromatic heterocycles. The van der Waals surface area contributed by atoms with Gasteiger partial charge in [-0.1, -0.05) is 6.07 Å². The van der Waals surface area contributed by atoms with Crippen molar-refractivity contribution >= 4 is 27.6 Å². The van der Waals surface area contributed by atoms with E-state index in [9.17, 15) is 4.79 Å². The van der Waals surface area contributed by atoms with Crippen molar-refractivity contribution in [2.45, 2.75) is 0 Å². The van der Waals surface area contributed by atoms with Crippen LogP contribution in [0.4, 0.5) is 5.69 Å². The van der Waals surface area contributed by atoms with E-state index in [4.69, 9.17) is 10.5 Å². The third-order valence-corrected chi connectivity index (χ3v) is 3.00. The summed E-state index contributed by atoms with van der Waals surface area (Å²) in [6, 6.07) is 8.46. The van der Waals surface area contributed by atoms with Crippen LogP contribution in [-0.2, 0) is 4.74 Å². The van der Waals surface area contributed by atoms with Crippen LogP contribution in [0.2, 0.25) is 0 Å². The first kappa shape index (κ1) is 13.4. The first-order chi connectivity index (χ1) is 9.13. The molecule has 1 heterocycles. The molecule has 0 radical (unpaired) electrons. The standard InChI is InChI=1S/C13H11BrN2O3/c1-18-13(17)8-4-3-7-16-12(8)19-11-9(14)5-2-6-10(11)15/h2-7H,15H2,1H3. The number of para-hydroxylation sites is 1. The average molecular weight is 323 g/mol. The minimum absolute atomic E-state index is 0.146. The third-order valence-electron chi connectivity index (χ3n) is 2.37. The highest BCUT2D eigenvalue weighted by molar-refractivity contribution is 9.10. The van der Waals surface area contributed by atoms with E-state index in [2.05, 4.69) is 25.7 Å². The molecule has 2 N–H and O–H groups in total. The Morgan fingerprint density at radius 2 is 2.11 bits per heavy atom. The molecule has 6 heteroatoms. The molecule has 0 bridgehead atoms. The highest BCUT2D eigenvalue weighted by Crippen LogP contribution is 2.35. The summed E-state index contributed by atoms with van der Waals surface area (Å²) in [6.07, 6.45) is 1.52. The lowest BCUT2D eigenvalue weighted by molar-refractivity contribution is 0.0597. The second-order valence-corrected chi connectivity index (χ2v) is 4.46. The lowest BCUT2D eigenvalue weighted by atomic mass is 10.2. The molecule has 2 aromatic rings. The summed E-state index contributed by atoms with van der Waals surface area (Å²) in [4.78, 5) is 15.6. The van der Waals surface area contributed by atoms with Crippen LogP contribution in [0.15, 0.2) is 41.0 Å². The number of hydrogen-bond donors (Lipinski definition) is 1. The number of esters is 1.